The van der Waals surface area contributed by atoms with Crippen molar-refractivity contribution in [3.63, 3.8) is 0 Å². The van der Waals surface area contributed by atoms with Crippen molar-refractivity contribution < 1.29 is 13.2 Å². The largest absolute Gasteiger partial charge is 0.326 e. The number of hydrogen-bond donors (Lipinski definition) is 2. The molecule has 4 aromatic rings. The molecule has 5 rings (SSSR count). The predicted molar refractivity (Wildman–Crippen MR) is 128 cm³/mol. The number of benzene rings is 3. The van der Waals surface area contributed by atoms with E-state index >= 15 is 0 Å². The topological polar surface area (TPSA) is 88.2 Å². The van der Waals surface area contributed by atoms with Crippen molar-refractivity contribution in [1.29, 1.82) is 0 Å². The van der Waals surface area contributed by atoms with Gasteiger partial charge in [0.1, 0.15) is 0 Å². The van der Waals surface area contributed by atoms with Crippen LogP contribution in [0.25, 0.3) is 10.8 Å². The van der Waals surface area contributed by atoms with Crippen LogP contribution in [0.2, 0.25) is 0 Å². The van der Waals surface area contributed by atoms with E-state index in [1.807, 2.05) is 54.6 Å². The number of rotatable bonds is 7. The summed E-state index contributed by atoms with van der Waals surface area (Å²) in [6.07, 6.45) is 3.97. The lowest BCUT2D eigenvalue weighted by molar-refractivity contribution is -0.117. The van der Waals surface area contributed by atoms with Crippen LogP contribution < -0.4 is 10.0 Å². The summed E-state index contributed by atoms with van der Waals surface area (Å²) in [5.74, 6) is -0.199. The van der Waals surface area contributed by atoms with Crippen LogP contribution in [0.4, 0.5) is 5.69 Å². The standard InChI is InChI=1S/C26H23N3O3S/c30-26(29-22-11-10-19-6-1-2-7-20(19)13-22)25-15-24(25)21-8-3-9-23(14-21)33(31,32)28-17-18-5-4-12-27-16-18/h1-14,16,24-25,28H,15,17H2,(H,29,30)/t24-,25+/m0/s1. The minimum Gasteiger partial charge on any atom is -0.326 e. The Hall–Kier alpha value is -3.55. The van der Waals surface area contributed by atoms with Gasteiger partial charge in [-0.25, -0.2) is 13.1 Å². The highest BCUT2D eigenvalue weighted by Gasteiger charge is 2.44. The molecule has 0 saturated heterocycles. The van der Waals surface area contributed by atoms with E-state index in [9.17, 15) is 13.2 Å². The van der Waals surface area contributed by atoms with Gasteiger partial charge in [0.15, 0.2) is 0 Å². The van der Waals surface area contributed by atoms with Crippen LogP contribution in [0.5, 0.6) is 0 Å². The molecule has 1 aliphatic carbocycles. The highest BCUT2D eigenvalue weighted by atomic mass is 32.2. The normalized spacial score (nSPS) is 17.6. The van der Waals surface area contributed by atoms with E-state index in [-0.39, 0.29) is 29.2 Å². The molecule has 0 unspecified atom stereocenters. The number of nitrogens with zero attached hydrogens (tertiary/aromatic N) is 1. The van der Waals surface area contributed by atoms with Crippen LogP contribution in [0, 0.1) is 5.92 Å². The van der Waals surface area contributed by atoms with E-state index < -0.39 is 10.0 Å². The van der Waals surface area contributed by atoms with Crippen molar-refractivity contribution in [2.75, 3.05) is 5.32 Å². The number of anilines is 1. The number of carbonyl (C=O) groups is 1. The molecule has 1 aliphatic rings. The summed E-state index contributed by atoms with van der Waals surface area (Å²) in [6.45, 7) is 0.167. The summed E-state index contributed by atoms with van der Waals surface area (Å²) in [6, 6.07) is 24.3. The maximum absolute atomic E-state index is 12.8. The average molecular weight is 458 g/mol. The zero-order valence-corrected chi connectivity index (χ0v) is 18.6. The Labute approximate surface area is 192 Å². The SMILES string of the molecule is O=C(Nc1ccc2ccccc2c1)[C@@H]1C[C@H]1c1cccc(S(=O)(=O)NCc2cccnc2)c1. The van der Waals surface area contributed by atoms with Gasteiger partial charge in [-0.15, -0.1) is 0 Å². The minimum absolute atomic E-state index is 0.0129. The van der Waals surface area contributed by atoms with Crippen molar-refractivity contribution in [3.8, 4) is 0 Å². The zero-order chi connectivity index (χ0) is 22.8. The van der Waals surface area contributed by atoms with Gasteiger partial charge in [-0.05, 0) is 64.6 Å². The van der Waals surface area contributed by atoms with Crippen LogP contribution in [0.3, 0.4) is 0 Å². The minimum atomic E-state index is -3.67. The van der Waals surface area contributed by atoms with Crippen LogP contribution in [-0.2, 0) is 21.4 Å². The number of pyridine rings is 1. The quantitative estimate of drug-likeness (QED) is 0.429. The number of amides is 1. The Morgan fingerprint density at radius 3 is 2.61 bits per heavy atom. The fourth-order valence-corrected chi connectivity index (χ4v) is 5.10. The number of fused-ring (bicyclic) bond motifs is 1. The average Bonchev–Trinajstić information content (AvgIpc) is 3.65. The fourth-order valence-electron chi connectivity index (χ4n) is 4.03. The molecule has 7 heteroatoms. The van der Waals surface area contributed by atoms with E-state index in [2.05, 4.69) is 15.0 Å². The van der Waals surface area contributed by atoms with Gasteiger partial charge in [-0.1, -0.05) is 48.5 Å². The fraction of sp³-hybridized carbons (Fsp3) is 0.154. The summed E-state index contributed by atoms with van der Waals surface area (Å²) in [5, 5.41) is 5.19. The lowest BCUT2D eigenvalue weighted by Crippen LogP contribution is -2.23. The van der Waals surface area contributed by atoms with Crippen molar-refractivity contribution in [2.24, 2.45) is 5.92 Å². The van der Waals surface area contributed by atoms with Gasteiger partial charge in [0.2, 0.25) is 15.9 Å². The lowest BCUT2D eigenvalue weighted by Gasteiger charge is -2.09. The highest BCUT2D eigenvalue weighted by Crippen LogP contribution is 2.48. The van der Waals surface area contributed by atoms with Crippen LogP contribution in [0.15, 0.2) is 96.2 Å². The second kappa shape index (κ2) is 8.77. The Morgan fingerprint density at radius 2 is 1.79 bits per heavy atom. The molecule has 1 heterocycles. The molecule has 1 saturated carbocycles. The third kappa shape index (κ3) is 4.79. The maximum Gasteiger partial charge on any atom is 0.240 e. The second-order valence-corrected chi connectivity index (χ2v) is 10.0. The van der Waals surface area contributed by atoms with Gasteiger partial charge >= 0.3 is 0 Å². The monoisotopic (exact) mass is 457 g/mol. The number of aromatic nitrogens is 1. The van der Waals surface area contributed by atoms with Crippen molar-refractivity contribution >= 4 is 32.4 Å². The summed E-state index contributed by atoms with van der Waals surface area (Å²) < 4.78 is 28.1. The molecule has 0 radical (unpaired) electrons. The Bertz CT molecular complexity index is 1420. The van der Waals surface area contributed by atoms with Crippen LogP contribution in [0.1, 0.15) is 23.5 Å². The first-order valence-corrected chi connectivity index (χ1v) is 12.3. The van der Waals surface area contributed by atoms with Gasteiger partial charge in [0.05, 0.1) is 4.90 Å². The third-order valence-corrected chi connectivity index (χ3v) is 7.33. The van der Waals surface area contributed by atoms with Crippen molar-refractivity contribution in [2.45, 2.75) is 23.8 Å². The van der Waals surface area contributed by atoms with E-state index in [0.717, 1.165) is 27.6 Å². The Kier molecular flexibility index (Phi) is 5.66. The molecule has 6 nitrogen and oxygen atoms in total. The molecule has 0 spiro atoms. The van der Waals surface area contributed by atoms with Gasteiger partial charge in [0, 0.05) is 30.5 Å². The summed E-state index contributed by atoms with van der Waals surface area (Å²) in [5.41, 5.74) is 2.41. The number of sulfonamides is 1. The van der Waals surface area contributed by atoms with E-state index in [0.29, 0.717) is 6.42 Å². The molecule has 3 aromatic carbocycles. The molecule has 2 atom stereocenters. The summed E-state index contributed by atoms with van der Waals surface area (Å²) in [7, 11) is -3.67. The molecule has 1 amide bonds. The van der Waals surface area contributed by atoms with Crippen LogP contribution >= 0.6 is 0 Å². The molecule has 1 fully saturated rings. The molecule has 2 N–H and O–H groups in total. The van der Waals surface area contributed by atoms with Gasteiger partial charge in [-0.3, -0.25) is 9.78 Å². The first-order chi connectivity index (χ1) is 16.0. The molecular formula is C26H23N3O3S. The first kappa shape index (κ1) is 21.3. The molecule has 0 bridgehead atoms. The Morgan fingerprint density at radius 1 is 0.939 bits per heavy atom. The smallest absolute Gasteiger partial charge is 0.240 e. The third-order valence-electron chi connectivity index (χ3n) is 5.93. The van der Waals surface area contributed by atoms with Crippen LogP contribution in [-0.4, -0.2) is 19.3 Å². The van der Waals surface area contributed by atoms with E-state index in [4.69, 9.17) is 0 Å². The van der Waals surface area contributed by atoms with Gasteiger partial charge in [0.25, 0.3) is 0 Å². The van der Waals surface area contributed by atoms with Gasteiger partial charge in [-0.2, -0.15) is 0 Å². The predicted octanol–water partition coefficient (Wildman–Crippen LogP) is 4.46. The summed E-state index contributed by atoms with van der Waals surface area (Å²) in [4.78, 5) is 17.0. The lowest BCUT2D eigenvalue weighted by atomic mass is 10.1. The number of hydrogen-bond acceptors (Lipinski definition) is 4. The van der Waals surface area contributed by atoms with E-state index in [1.54, 1.807) is 36.7 Å². The highest BCUT2D eigenvalue weighted by molar-refractivity contribution is 7.89. The molecule has 0 aliphatic heterocycles. The number of carbonyl (C=O) groups excluding carboxylic acids is 1. The maximum atomic E-state index is 12.8. The number of nitrogens with one attached hydrogen (secondary N) is 2. The first-order valence-electron chi connectivity index (χ1n) is 10.8. The molecule has 166 valence electrons. The molecule has 1 aromatic heterocycles. The van der Waals surface area contributed by atoms with Crippen molar-refractivity contribution in [1.82, 2.24) is 9.71 Å². The zero-order valence-electron chi connectivity index (χ0n) is 17.8. The molecular weight excluding hydrogens is 434 g/mol. The van der Waals surface area contributed by atoms with E-state index in [1.165, 1.54) is 0 Å². The summed E-state index contributed by atoms with van der Waals surface area (Å²) >= 11 is 0. The molecule has 33 heavy (non-hydrogen) atoms. The second-order valence-electron chi connectivity index (χ2n) is 8.26. The van der Waals surface area contributed by atoms with Crippen molar-refractivity contribution in [3.05, 3.63) is 102 Å². The van der Waals surface area contributed by atoms with Gasteiger partial charge < -0.3 is 5.32 Å². The Balaban J connectivity index is 1.25.